The van der Waals surface area contributed by atoms with Crippen LogP contribution in [0.2, 0.25) is 5.02 Å². The Bertz CT molecular complexity index is 1470. The Morgan fingerprint density at radius 3 is 2.43 bits per heavy atom. The van der Waals surface area contributed by atoms with Gasteiger partial charge < -0.3 is 9.84 Å². The van der Waals surface area contributed by atoms with Crippen molar-refractivity contribution in [2.75, 3.05) is 11.5 Å². The van der Waals surface area contributed by atoms with Crippen molar-refractivity contribution in [2.45, 2.75) is 13.0 Å². The molecule has 5 rings (SSSR count). The van der Waals surface area contributed by atoms with Crippen molar-refractivity contribution in [3.8, 4) is 5.75 Å². The largest absolute Gasteiger partial charge is 0.507 e. The van der Waals surface area contributed by atoms with Crippen LogP contribution < -0.4 is 9.64 Å². The lowest BCUT2D eigenvalue weighted by molar-refractivity contribution is -0.132. The summed E-state index contributed by atoms with van der Waals surface area (Å²) < 4.78 is 5.61. The summed E-state index contributed by atoms with van der Waals surface area (Å²) in [7, 11) is 0. The van der Waals surface area contributed by atoms with E-state index in [0.717, 1.165) is 10.8 Å². The molecule has 1 unspecified atom stereocenters. The summed E-state index contributed by atoms with van der Waals surface area (Å²) >= 11 is 6.12. The van der Waals surface area contributed by atoms with Gasteiger partial charge in [-0.25, -0.2) is 0 Å². The van der Waals surface area contributed by atoms with Crippen LogP contribution in [-0.2, 0) is 9.59 Å². The van der Waals surface area contributed by atoms with E-state index in [4.69, 9.17) is 16.3 Å². The van der Waals surface area contributed by atoms with Gasteiger partial charge in [0.05, 0.1) is 18.2 Å². The lowest BCUT2D eigenvalue weighted by Gasteiger charge is -2.26. The SMILES string of the molecule is CCOc1cccc(N2C(=O)C(=O)/C(=C(\O)c3cccc4ccccc34)C2c2ccc(Cl)cc2)c1. The van der Waals surface area contributed by atoms with Crippen LogP contribution in [-0.4, -0.2) is 23.4 Å². The van der Waals surface area contributed by atoms with Gasteiger partial charge in [-0.2, -0.15) is 0 Å². The van der Waals surface area contributed by atoms with Crippen LogP contribution in [0.5, 0.6) is 5.75 Å². The number of carbonyl (C=O) groups is 2. The molecule has 1 fully saturated rings. The molecule has 0 aromatic heterocycles. The molecule has 1 atom stereocenters. The van der Waals surface area contributed by atoms with Crippen LogP contribution in [0.1, 0.15) is 24.1 Å². The van der Waals surface area contributed by atoms with E-state index in [0.29, 0.717) is 34.2 Å². The minimum absolute atomic E-state index is 0.0236. The number of ether oxygens (including phenoxy) is 1. The molecule has 6 heteroatoms. The predicted octanol–water partition coefficient (Wildman–Crippen LogP) is 6.52. The third kappa shape index (κ3) is 4.04. The molecule has 4 aromatic carbocycles. The first-order valence-electron chi connectivity index (χ1n) is 11.3. The molecule has 1 N–H and O–H groups in total. The smallest absolute Gasteiger partial charge is 0.300 e. The minimum Gasteiger partial charge on any atom is -0.507 e. The maximum absolute atomic E-state index is 13.4. The highest BCUT2D eigenvalue weighted by Gasteiger charge is 2.47. The minimum atomic E-state index is -0.844. The summed E-state index contributed by atoms with van der Waals surface area (Å²) in [6.07, 6.45) is 0. The van der Waals surface area contributed by atoms with Crippen LogP contribution in [0, 0.1) is 0 Å². The van der Waals surface area contributed by atoms with Crippen molar-refractivity contribution >= 4 is 45.5 Å². The number of carbonyl (C=O) groups excluding carboxylic acids is 2. The van der Waals surface area contributed by atoms with E-state index in [-0.39, 0.29) is 11.3 Å². The van der Waals surface area contributed by atoms with Crippen molar-refractivity contribution in [2.24, 2.45) is 0 Å². The molecule has 1 aliphatic rings. The summed E-state index contributed by atoms with van der Waals surface area (Å²) in [5.41, 5.74) is 1.66. The summed E-state index contributed by atoms with van der Waals surface area (Å²) in [6.45, 7) is 2.33. The number of rotatable bonds is 5. The van der Waals surface area contributed by atoms with Crippen molar-refractivity contribution in [1.82, 2.24) is 0 Å². The summed E-state index contributed by atoms with van der Waals surface area (Å²) in [5.74, 6) is -1.11. The molecule has 1 aliphatic heterocycles. The zero-order chi connectivity index (χ0) is 24.5. The number of hydrogen-bond donors (Lipinski definition) is 1. The van der Waals surface area contributed by atoms with Crippen LogP contribution >= 0.6 is 11.6 Å². The average Bonchev–Trinajstić information content (AvgIpc) is 3.14. The highest BCUT2D eigenvalue weighted by molar-refractivity contribution is 6.51. The first-order chi connectivity index (χ1) is 17.0. The van der Waals surface area contributed by atoms with Gasteiger partial charge in [0, 0.05) is 22.3 Å². The summed E-state index contributed by atoms with van der Waals surface area (Å²) in [5, 5.41) is 13.8. The van der Waals surface area contributed by atoms with E-state index in [2.05, 4.69) is 0 Å². The number of benzene rings is 4. The van der Waals surface area contributed by atoms with E-state index < -0.39 is 17.7 Å². The number of ketones is 1. The number of anilines is 1. The molecule has 0 bridgehead atoms. The topological polar surface area (TPSA) is 66.8 Å². The molecular weight excluding hydrogens is 462 g/mol. The van der Waals surface area contributed by atoms with Crippen LogP contribution in [0.15, 0.2) is 96.6 Å². The Morgan fingerprint density at radius 1 is 0.943 bits per heavy atom. The fraction of sp³-hybridized carbons (Fsp3) is 0.103. The van der Waals surface area contributed by atoms with Crippen molar-refractivity contribution in [1.29, 1.82) is 0 Å². The van der Waals surface area contributed by atoms with Gasteiger partial charge in [0.2, 0.25) is 0 Å². The van der Waals surface area contributed by atoms with Crippen LogP contribution in [0.25, 0.3) is 16.5 Å². The molecule has 4 aromatic rings. The average molecular weight is 484 g/mol. The second kappa shape index (κ2) is 9.28. The van der Waals surface area contributed by atoms with E-state index in [9.17, 15) is 14.7 Å². The Hall–Kier alpha value is -4.09. The zero-order valence-corrected chi connectivity index (χ0v) is 19.7. The van der Waals surface area contributed by atoms with Gasteiger partial charge in [-0.15, -0.1) is 0 Å². The first kappa shape index (κ1) is 22.7. The maximum atomic E-state index is 13.4. The van der Waals surface area contributed by atoms with Gasteiger partial charge in [-0.05, 0) is 47.5 Å². The predicted molar refractivity (Wildman–Crippen MR) is 138 cm³/mol. The molecule has 0 spiro atoms. The molecule has 0 radical (unpaired) electrons. The number of aliphatic hydroxyl groups is 1. The number of nitrogens with zero attached hydrogens (tertiary/aromatic N) is 1. The van der Waals surface area contributed by atoms with Gasteiger partial charge in [0.1, 0.15) is 11.5 Å². The number of amides is 1. The highest BCUT2D eigenvalue weighted by atomic mass is 35.5. The molecule has 0 saturated carbocycles. The maximum Gasteiger partial charge on any atom is 0.300 e. The van der Waals surface area contributed by atoms with Crippen LogP contribution in [0.3, 0.4) is 0 Å². The third-order valence-corrected chi connectivity index (χ3v) is 6.33. The Morgan fingerprint density at radius 2 is 1.66 bits per heavy atom. The second-order valence-electron chi connectivity index (χ2n) is 8.18. The van der Waals surface area contributed by atoms with Crippen molar-refractivity contribution in [3.63, 3.8) is 0 Å². The number of hydrogen-bond acceptors (Lipinski definition) is 4. The Kier molecular flexibility index (Phi) is 6.01. The number of halogens is 1. The monoisotopic (exact) mass is 483 g/mol. The normalized spacial score (nSPS) is 17.2. The van der Waals surface area contributed by atoms with Gasteiger partial charge in [0.25, 0.3) is 11.7 Å². The highest BCUT2D eigenvalue weighted by Crippen LogP contribution is 2.43. The zero-order valence-electron chi connectivity index (χ0n) is 18.9. The summed E-state index contributed by atoms with van der Waals surface area (Å²) in [4.78, 5) is 28.2. The van der Waals surface area contributed by atoms with E-state index in [1.165, 1.54) is 4.90 Å². The molecule has 5 nitrogen and oxygen atoms in total. The molecule has 1 heterocycles. The number of Topliss-reactive ketones (excluding diaryl/α,β-unsaturated/α-hetero) is 1. The Balaban J connectivity index is 1.75. The first-order valence-corrected chi connectivity index (χ1v) is 11.6. The fourth-order valence-corrected chi connectivity index (χ4v) is 4.65. The lowest BCUT2D eigenvalue weighted by atomic mass is 9.93. The fourth-order valence-electron chi connectivity index (χ4n) is 4.53. The summed E-state index contributed by atoms with van der Waals surface area (Å²) in [6, 6.07) is 26.2. The quantitative estimate of drug-likeness (QED) is 0.199. The molecule has 0 aliphatic carbocycles. The third-order valence-electron chi connectivity index (χ3n) is 6.08. The second-order valence-corrected chi connectivity index (χ2v) is 8.61. The van der Waals surface area contributed by atoms with E-state index in [1.54, 1.807) is 54.6 Å². The van der Waals surface area contributed by atoms with Crippen molar-refractivity contribution in [3.05, 3.63) is 113 Å². The molecule has 35 heavy (non-hydrogen) atoms. The number of fused-ring (bicyclic) bond motifs is 1. The molecule has 1 amide bonds. The molecule has 1 saturated heterocycles. The van der Waals surface area contributed by atoms with Gasteiger partial charge in [-0.1, -0.05) is 72.3 Å². The molecule has 174 valence electrons. The molecular formula is C29H22ClNO4. The lowest BCUT2D eigenvalue weighted by Crippen LogP contribution is -2.29. The van der Waals surface area contributed by atoms with Gasteiger partial charge in [0.15, 0.2) is 0 Å². The number of aliphatic hydroxyl groups excluding tert-OH is 1. The van der Waals surface area contributed by atoms with E-state index in [1.807, 2.05) is 43.3 Å². The van der Waals surface area contributed by atoms with Gasteiger partial charge in [-0.3, -0.25) is 14.5 Å². The standard InChI is InChI=1S/C29H22ClNO4/c1-2-35-22-10-6-9-21(17-22)31-26(19-13-15-20(30)16-14-19)25(28(33)29(31)34)27(32)24-12-5-8-18-7-3-4-11-23(18)24/h3-17,26,32H,2H2,1H3/b27-25-. The van der Waals surface area contributed by atoms with Crippen molar-refractivity contribution < 1.29 is 19.4 Å². The Labute approximate surface area is 207 Å². The van der Waals surface area contributed by atoms with Crippen LogP contribution in [0.4, 0.5) is 5.69 Å². The van der Waals surface area contributed by atoms with Gasteiger partial charge >= 0.3 is 0 Å². The van der Waals surface area contributed by atoms with E-state index >= 15 is 0 Å².